The van der Waals surface area contributed by atoms with Crippen molar-refractivity contribution in [2.75, 3.05) is 5.73 Å². The standard InChI is InChI=1S/C18H19N3O3S/c19-18-17(16(22)13-3-1-2-4-14(13)21(23)24)25-15(20-18)9-12-8-10-5-6-11(12)7-10/h1-4,10-12H,5-9,19H2/t10?,11?,12-/m1/s1. The predicted molar refractivity (Wildman–Crippen MR) is 95.7 cm³/mol. The Kier molecular flexibility index (Phi) is 4.03. The second-order valence-electron chi connectivity index (χ2n) is 7.06. The summed E-state index contributed by atoms with van der Waals surface area (Å²) in [5.41, 5.74) is 5.83. The van der Waals surface area contributed by atoms with E-state index in [4.69, 9.17) is 5.73 Å². The molecule has 2 fully saturated rings. The van der Waals surface area contributed by atoms with Crippen molar-refractivity contribution in [3.8, 4) is 0 Å². The molecule has 2 unspecified atom stereocenters. The summed E-state index contributed by atoms with van der Waals surface area (Å²) < 4.78 is 0. The first-order chi connectivity index (χ1) is 12.0. The molecule has 0 radical (unpaired) electrons. The molecule has 1 heterocycles. The molecule has 2 bridgehead atoms. The maximum atomic E-state index is 12.8. The maximum absolute atomic E-state index is 12.8. The fourth-order valence-electron chi connectivity index (χ4n) is 4.43. The van der Waals surface area contributed by atoms with E-state index in [9.17, 15) is 14.9 Å². The van der Waals surface area contributed by atoms with Crippen molar-refractivity contribution < 1.29 is 9.72 Å². The third kappa shape index (κ3) is 2.93. The number of nitro groups is 1. The lowest BCUT2D eigenvalue weighted by Crippen LogP contribution is -2.12. The average Bonchev–Trinajstić information content (AvgIpc) is 3.30. The number of ketones is 1. The van der Waals surface area contributed by atoms with Gasteiger partial charge in [0.05, 0.1) is 9.93 Å². The summed E-state index contributed by atoms with van der Waals surface area (Å²) in [7, 11) is 0. The number of hydrogen-bond acceptors (Lipinski definition) is 6. The number of anilines is 1. The number of rotatable bonds is 5. The van der Waals surface area contributed by atoms with Crippen LogP contribution in [0.2, 0.25) is 0 Å². The van der Waals surface area contributed by atoms with Gasteiger partial charge in [-0.15, -0.1) is 11.3 Å². The number of carbonyl (C=O) groups excluding carboxylic acids is 1. The molecule has 2 aliphatic rings. The van der Waals surface area contributed by atoms with Gasteiger partial charge in [0.1, 0.15) is 16.3 Å². The van der Waals surface area contributed by atoms with Crippen molar-refractivity contribution >= 4 is 28.6 Å². The van der Waals surface area contributed by atoms with Gasteiger partial charge in [0.2, 0.25) is 5.78 Å². The van der Waals surface area contributed by atoms with Gasteiger partial charge in [0.15, 0.2) is 0 Å². The van der Waals surface area contributed by atoms with Crippen LogP contribution >= 0.6 is 11.3 Å². The van der Waals surface area contributed by atoms with E-state index in [1.54, 1.807) is 12.1 Å². The summed E-state index contributed by atoms with van der Waals surface area (Å²) in [5.74, 6) is 2.05. The molecule has 130 valence electrons. The van der Waals surface area contributed by atoms with Crippen LogP contribution in [-0.4, -0.2) is 15.7 Å². The maximum Gasteiger partial charge on any atom is 0.280 e. The molecule has 0 spiro atoms. The molecule has 25 heavy (non-hydrogen) atoms. The van der Waals surface area contributed by atoms with Crippen LogP contribution in [0.5, 0.6) is 0 Å². The lowest BCUT2D eigenvalue weighted by Gasteiger charge is -2.20. The highest BCUT2D eigenvalue weighted by Crippen LogP contribution is 2.49. The van der Waals surface area contributed by atoms with Crippen molar-refractivity contribution in [2.45, 2.75) is 32.1 Å². The lowest BCUT2D eigenvalue weighted by molar-refractivity contribution is -0.385. The summed E-state index contributed by atoms with van der Waals surface area (Å²) >= 11 is 1.29. The van der Waals surface area contributed by atoms with Gasteiger partial charge in [0.25, 0.3) is 5.69 Å². The van der Waals surface area contributed by atoms with E-state index in [0.717, 1.165) is 23.3 Å². The molecule has 7 heteroatoms. The summed E-state index contributed by atoms with van der Waals surface area (Å²) in [4.78, 5) is 28.1. The number of hydrogen-bond donors (Lipinski definition) is 1. The minimum absolute atomic E-state index is 0.0642. The van der Waals surface area contributed by atoms with Crippen molar-refractivity contribution in [3.05, 3.63) is 49.8 Å². The minimum atomic E-state index is -0.541. The highest BCUT2D eigenvalue weighted by atomic mass is 32.1. The minimum Gasteiger partial charge on any atom is -0.382 e. The smallest absolute Gasteiger partial charge is 0.280 e. The summed E-state index contributed by atoms with van der Waals surface area (Å²) in [5, 5.41) is 12.0. The summed E-state index contributed by atoms with van der Waals surface area (Å²) in [6.07, 6.45) is 6.09. The van der Waals surface area contributed by atoms with E-state index in [1.165, 1.54) is 49.2 Å². The number of thiazole rings is 1. The van der Waals surface area contributed by atoms with E-state index in [-0.39, 0.29) is 17.1 Å². The van der Waals surface area contributed by atoms with E-state index < -0.39 is 10.7 Å². The lowest BCUT2D eigenvalue weighted by atomic mass is 9.87. The topological polar surface area (TPSA) is 99.1 Å². The Bertz CT molecular complexity index is 848. The SMILES string of the molecule is Nc1nc(C[C@H]2CC3CCC2C3)sc1C(=O)c1ccccc1[N+](=O)[O-]. The molecule has 2 N–H and O–H groups in total. The van der Waals surface area contributed by atoms with Crippen LogP contribution in [0.25, 0.3) is 0 Å². The molecule has 6 nitrogen and oxygen atoms in total. The van der Waals surface area contributed by atoms with Crippen LogP contribution in [0.4, 0.5) is 11.5 Å². The first-order valence-electron chi connectivity index (χ1n) is 8.56. The first-order valence-corrected chi connectivity index (χ1v) is 9.38. The molecule has 0 aliphatic heterocycles. The van der Waals surface area contributed by atoms with Crippen molar-refractivity contribution in [2.24, 2.45) is 17.8 Å². The highest BCUT2D eigenvalue weighted by Gasteiger charge is 2.39. The van der Waals surface area contributed by atoms with E-state index in [2.05, 4.69) is 4.98 Å². The third-order valence-electron chi connectivity index (χ3n) is 5.57. The third-order valence-corrected chi connectivity index (χ3v) is 6.66. The molecule has 4 rings (SSSR count). The van der Waals surface area contributed by atoms with E-state index >= 15 is 0 Å². The molecule has 3 atom stereocenters. The second-order valence-corrected chi connectivity index (χ2v) is 8.15. The van der Waals surface area contributed by atoms with E-state index in [1.807, 2.05) is 0 Å². The zero-order valence-electron chi connectivity index (χ0n) is 13.7. The van der Waals surface area contributed by atoms with Crippen LogP contribution in [0.15, 0.2) is 24.3 Å². The normalized spacial score (nSPS) is 24.6. The van der Waals surface area contributed by atoms with Gasteiger partial charge in [-0.25, -0.2) is 4.98 Å². The molecule has 2 aromatic rings. The number of nitrogens with zero attached hydrogens (tertiary/aromatic N) is 2. The van der Waals surface area contributed by atoms with Gasteiger partial charge in [-0.1, -0.05) is 18.6 Å². The molecule has 0 saturated heterocycles. The number of carbonyl (C=O) groups is 1. The number of para-hydroxylation sites is 1. The van der Waals surface area contributed by atoms with Crippen LogP contribution in [0, 0.1) is 27.9 Å². The number of aromatic nitrogens is 1. The first kappa shape index (κ1) is 16.2. The highest BCUT2D eigenvalue weighted by molar-refractivity contribution is 7.14. The quantitative estimate of drug-likeness (QED) is 0.498. The average molecular weight is 357 g/mol. The van der Waals surface area contributed by atoms with Gasteiger partial charge in [-0.2, -0.15) is 0 Å². The molecule has 1 aromatic carbocycles. The van der Waals surface area contributed by atoms with Gasteiger partial charge >= 0.3 is 0 Å². The zero-order valence-corrected chi connectivity index (χ0v) is 14.5. The van der Waals surface area contributed by atoms with Crippen molar-refractivity contribution in [1.29, 1.82) is 0 Å². The number of fused-ring (bicyclic) bond motifs is 2. The Hall–Kier alpha value is -2.28. The van der Waals surface area contributed by atoms with Crippen LogP contribution in [0.1, 0.15) is 45.9 Å². The number of benzene rings is 1. The van der Waals surface area contributed by atoms with Crippen LogP contribution < -0.4 is 5.73 Å². The Morgan fingerprint density at radius 1 is 1.32 bits per heavy atom. The Morgan fingerprint density at radius 2 is 2.12 bits per heavy atom. The number of nitrogen functional groups attached to an aromatic ring is 1. The fourth-order valence-corrected chi connectivity index (χ4v) is 5.46. The molecule has 2 aliphatic carbocycles. The molecular formula is C18H19N3O3S. The molecular weight excluding hydrogens is 338 g/mol. The Balaban J connectivity index is 1.58. The summed E-state index contributed by atoms with van der Waals surface area (Å²) in [6.45, 7) is 0. The Labute approximate surface area is 149 Å². The van der Waals surface area contributed by atoms with Gasteiger partial charge in [0, 0.05) is 12.5 Å². The monoisotopic (exact) mass is 357 g/mol. The summed E-state index contributed by atoms with van der Waals surface area (Å²) in [6, 6.07) is 5.97. The number of nitro benzene ring substituents is 1. The Morgan fingerprint density at radius 3 is 2.80 bits per heavy atom. The number of nitrogens with two attached hydrogens (primary N) is 1. The predicted octanol–water partition coefficient (Wildman–Crippen LogP) is 3.84. The van der Waals surface area contributed by atoms with Gasteiger partial charge < -0.3 is 5.73 Å². The van der Waals surface area contributed by atoms with Crippen molar-refractivity contribution in [3.63, 3.8) is 0 Å². The van der Waals surface area contributed by atoms with Gasteiger partial charge in [-0.05, 0) is 43.1 Å². The van der Waals surface area contributed by atoms with Crippen LogP contribution in [-0.2, 0) is 6.42 Å². The second kappa shape index (κ2) is 6.22. The zero-order chi connectivity index (χ0) is 17.6. The van der Waals surface area contributed by atoms with E-state index in [0.29, 0.717) is 10.8 Å². The van der Waals surface area contributed by atoms with Crippen LogP contribution in [0.3, 0.4) is 0 Å². The fraction of sp³-hybridized carbons (Fsp3) is 0.444. The molecule has 2 saturated carbocycles. The molecule has 1 aromatic heterocycles. The molecule has 0 amide bonds. The largest absolute Gasteiger partial charge is 0.382 e. The van der Waals surface area contributed by atoms with Crippen molar-refractivity contribution in [1.82, 2.24) is 4.98 Å². The van der Waals surface area contributed by atoms with Gasteiger partial charge in [-0.3, -0.25) is 14.9 Å².